The number of rotatable bonds is 8. The molecule has 6 nitrogen and oxygen atoms in total. The molecule has 1 atom stereocenters. The van der Waals surface area contributed by atoms with Crippen LogP contribution in [0.5, 0.6) is 0 Å². The fraction of sp³-hybridized carbons (Fsp3) is 0.438. The Labute approximate surface area is 150 Å². The summed E-state index contributed by atoms with van der Waals surface area (Å²) >= 11 is 7.54. The van der Waals surface area contributed by atoms with E-state index in [1.165, 1.54) is 4.90 Å². The van der Waals surface area contributed by atoms with E-state index in [1.807, 2.05) is 6.26 Å². The summed E-state index contributed by atoms with van der Waals surface area (Å²) in [5.41, 5.74) is 0.283. The number of hydrogen-bond acceptors (Lipinski definition) is 5. The van der Waals surface area contributed by atoms with Crippen molar-refractivity contribution in [2.75, 3.05) is 32.7 Å². The van der Waals surface area contributed by atoms with Crippen molar-refractivity contribution in [2.45, 2.75) is 12.5 Å². The zero-order chi connectivity index (χ0) is 18.1. The Morgan fingerprint density at radius 3 is 2.54 bits per heavy atom. The number of carbonyl (C=O) groups excluding carboxylic acids is 3. The highest BCUT2D eigenvalue weighted by molar-refractivity contribution is 7.98. The van der Waals surface area contributed by atoms with Crippen LogP contribution in [0.1, 0.15) is 16.8 Å². The first-order valence-electron chi connectivity index (χ1n) is 7.28. The molecule has 0 fully saturated rings. The zero-order valence-corrected chi connectivity index (χ0v) is 15.4. The molecule has 8 heteroatoms. The maximum absolute atomic E-state index is 12.3. The van der Waals surface area contributed by atoms with Crippen molar-refractivity contribution in [3.63, 3.8) is 0 Å². The van der Waals surface area contributed by atoms with Gasteiger partial charge >= 0.3 is 5.97 Å². The summed E-state index contributed by atoms with van der Waals surface area (Å²) in [5.74, 6) is -0.767. The SMILES string of the molecule is CSCC[C@@H](NC(=O)c1ccccc1Cl)C(=O)OCC(=O)N(C)C. The second-order valence-corrected chi connectivity index (χ2v) is 6.58. The first kappa shape index (κ1) is 20.3. The molecule has 24 heavy (non-hydrogen) atoms. The molecule has 0 unspecified atom stereocenters. The Bertz CT molecular complexity index is 595. The fourth-order valence-electron chi connectivity index (χ4n) is 1.73. The van der Waals surface area contributed by atoms with Gasteiger partial charge in [-0.1, -0.05) is 23.7 Å². The molecule has 0 bridgehead atoms. The molecule has 0 aliphatic heterocycles. The summed E-state index contributed by atoms with van der Waals surface area (Å²) < 4.78 is 5.00. The quantitative estimate of drug-likeness (QED) is 0.704. The van der Waals surface area contributed by atoms with Crippen LogP contribution in [0, 0.1) is 0 Å². The normalized spacial score (nSPS) is 11.5. The molecule has 0 aromatic heterocycles. The minimum Gasteiger partial charge on any atom is -0.454 e. The molecular weight excluding hydrogens is 352 g/mol. The standard InChI is InChI=1S/C16H21ClN2O4S/c1-19(2)14(20)10-23-16(22)13(8-9-24-3)18-15(21)11-6-4-5-7-12(11)17/h4-7,13H,8-10H2,1-3H3,(H,18,21)/t13-/m1/s1. The Morgan fingerprint density at radius 2 is 1.96 bits per heavy atom. The minimum atomic E-state index is -0.837. The number of amides is 2. The second-order valence-electron chi connectivity index (χ2n) is 5.18. The number of thioether (sulfide) groups is 1. The van der Waals surface area contributed by atoms with E-state index in [0.29, 0.717) is 17.2 Å². The van der Waals surface area contributed by atoms with E-state index in [4.69, 9.17) is 16.3 Å². The van der Waals surface area contributed by atoms with Gasteiger partial charge in [0.05, 0.1) is 10.6 Å². The molecule has 0 radical (unpaired) electrons. The number of esters is 1. The van der Waals surface area contributed by atoms with Gasteiger partial charge in [-0.3, -0.25) is 9.59 Å². The van der Waals surface area contributed by atoms with Crippen molar-refractivity contribution in [3.8, 4) is 0 Å². The number of ether oxygens (including phenoxy) is 1. The van der Waals surface area contributed by atoms with Crippen LogP contribution >= 0.6 is 23.4 Å². The second kappa shape index (κ2) is 10.2. The van der Waals surface area contributed by atoms with E-state index in [9.17, 15) is 14.4 Å². The molecular formula is C16H21ClN2O4S. The van der Waals surface area contributed by atoms with Crippen molar-refractivity contribution in [2.24, 2.45) is 0 Å². The molecule has 0 saturated carbocycles. The number of halogens is 1. The maximum Gasteiger partial charge on any atom is 0.329 e. The number of hydrogen-bond donors (Lipinski definition) is 1. The van der Waals surface area contributed by atoms with Crippen LogP contribution in [0.15, 0.2) is 24.3 Å². The number of nitrogens with one attached hydrogen (secondary N) is 1. The molecule has 1 rings (SSSR count). The molecule has 0 aliphatic rings. The first-order valence-corrected chi connectivity index (χ1v) is 9.05. The van der Waals surface area contributed by atoms with Gasteiger partial charge in [0.1, 0.15) is 6.04 Å². The highest BCUT2D eigenvalue weighted by atomic mass is 35.5. The van der Waals surface area contributed by atoms with Crippen molar-refractivity contribution < 1.29 is 19.1 Å². The highest BCUT2D eigenvalue weighted by Crippen LogP contribution is 2.15. The van der Waals surface area contributed by atoms with Crippen molar-refractivity contribution in [1.29, 1.82) is 0 Å². The minimum absolute atomic E-state index is 0.283. The third kappa shape index (κ3) is 6.41. The van der Waals surface area contributed by atoms with Crippen LogP contribution in [-0.4, -0.2) is 61.4 Å². The highest BCUT2D eigenvalue weighted by Gasteiger charge is 2.24. The van der Waals surface area contributed by atoms with Gasteiger partial charge in [0, 0.05) is 14.1 Å². The Hall–Kier alpha value is -1.73. The number of likely N-dealkylation sites (N-methyl/N-ethyl adjacent to an activating group) is 1. The third-order valence-corrected chi connectivity index (χ3v) is 4.13. The summed E-state index contributed by atoms with van der Waals surface area (Å²) in [6.45, 7) is -0.358. The van der Waals surface area contributed by atoms with Gasteiger partial charge in [0.2, 0.25) is 0 Å². The lowest BCUT2D eigenvalue weighted by atomic mass is 10.1. The van der Waals surface area contributed by atoms with Gasteiger partial charge < -0.3 is 15.0 Å². The van der Waals surface area contributed by atoms with E-state index < -0.39 is 17.9 Å². The molecule has 0 spiro atoms. The average Bonchev–Trinajstić information content (AvgIpc) is 2.56. The van der Waals surface area contributed by atoms with Crippen LogP contribution < -0.4 is 5.32 Å². The molecule has 0 heterocycles. The molecule has 1 aromatic carbocycles. The lowest BCUT2D eigenvalue weighted by Gasteiger charge is -2.18. The fourth-order valence-corrected chi connectivity index (χ4v) is 2.42. The van der Waals surface area contributed by atoms with Gasteiger partial charge in [-0.05, 0) is 30.6 Å². The smallest absolute Gasteiger partial charge is 0.329 e. The van der Waals surface area contributed by atoms with E-state index >= 15 is 0 Å². The summed E-state index contributed by atoms with van der Waals surface area (Å²) in [6, 6.07) is 5.74. The van der Waals surface area contributed by atoms with Crippen molar-refractivity contribution in [3.05, 3.63) is 34.9 Å². The van der Waals surface area contributed by atoms with Crippen LogP contribution in [0.3, 0.4) is 0 Å². The topological polar surface area (TPSA) is 75.7 Å². The molecule has 132 valence electrons. The predicted octanol–water partition coefficient (Wildman–Crippen LogP) is 1.82. The Morgan fingerprint density at radius 1 is 1.29 bits per heavy atom. The molecule has 1 N–H and O–H groups in total. The van der Waals surface area contributed by atoms with E-state index in [-0.39, 0.29) is 18.1 Å². The zero-order valence-electron chi connectivity index (χ0n) is 13.9. The van der Waals surface area contributed by atoms with Crippen LogP contribution in [0.4, 0.5) is 0 Å². The summed E-state index contributed by atoms with van der Waals surface area (Å²) in [7, 11) is 3.14. The van der Waals surface area contributed by atoms with E-state index in [1.54, 1.807) is 50.1 Å². The number of carbonyl (C=O) groups is 3. The van der Waals surface area contributed by atoms with E-state index in [2.05, 4.69) is 5.32 Å². The van der Waals surface area contributed by atoms with Gasteiger partial charge in [0.15, 0.2) is 6.61 Å². The van der Waals surface area contributed by atoms with Gasteiger partial charge in [-0.25, -0.2) is 4.79 Å². The largest absolute Gasteiger partial charge is 0.454 e. The molecule has 0 aliphatic carbocycles. The summed E-state index contributed by atoms with van der Waals surface area (Å²) in [4.78, 5) is 37.3. The van der Waals surface area contributed by atoms with Gasteiger partial charge in [-0.2, -0.15) is 11.8 Å². The monoisotopic (exact) mass is 372 g/mol. The lowest BCUT2D eigenvalue weighted by molar-refractivity contribution is -0.152. The Kier molecular flexibility index (Phi) is 8.63. The average molecular weight is 373 g/mol. The Balaban J connectivity index is 2.74. The van der Waals surface area contributed by atoms with Crippen LogP contribution in [-0.2, 0) is 14.3 Å². The third-order valence-electron chi connectivity index (χ3n) is 3.16. The first-order chi connectivity index (χ1) is 11.4. The summed E-state index contributed by atoms with van der Waals surface area (Å²) in [6.07, 6.45) is 2.29. The van der Waals surface area contributed by atoms with Gasteiger partial charge in [-0.15, -0.1) is 0 Å². The molecule has 0 saturated heterocycles. The summed E-state index contributed by atoms with van der Waals surface area (Å²) in [5, 5.41) is 2.93. The van der Waals surface area contributed by atoms with Crippen LogP contribution in [0.2, 0.25) is 5.02 Å². The van der Waals surface area contributed by atoms with E-state index in [0.717, 1.165) is 0 Å². The van der Waals surface area contributed by atoms with Crippen molar-refractivity contribution >= 4 is 41.1 Å². The van der Waals surface area contributed by atoms with Crippen LogP contribution in [0.25, 0.3) is 0 Å². The molecule has 2 amide bonds. The lowest BCUT2D eigenvalue weighted by Crippen LogP contribution is -2.43. The number of benzene rings is 1. The molecule has 1 aromatic rings. The van der Waals surface area contributed by atoms with Gasteiger partial charge in [0.25, 0.3) is 11.8 Å². The number of nitrogens with zero attached hydrogens (tertiary/aromatic N) is 1. The van der Waals surface area contributed by atoms with Crippen molar-refractivity contribution in [1.82, 2.24) is 10.2 Å². The predicted molar refractivity (Wildman–Crippen MR) is 95.4 cm³/mol. The maximum atomic E-state index is 12.3.